The minimum absolute atomic E-state index is 0. The molecule has 2 aliphatic rings. The summed E-state index contributed by atoms with van der Waals surface area (Å²) in [6.45, 7) is 1.07. The topological polar surface area (TPSA) is 115 Å². The molecule has 0 saturated carbocycles. The van der Waals surface area contributed by atoms with Gasteiger partial charge in [0.15, 0.2) is 20.2 Å². The second-order valence-electron chi connectivity index (χ2n) is 5.34. The predicted octanol–water partition coefficient (Wildman–Crippen LogP) is -2.49. The maximum Gasteiger partial charge on any atom is 1.00 e. The monoisotopic (exact) mass is 403 g/mol. The molecule has 23 heavy (non-hydrogen) atoms. The molecule has 122 valence electrons. The van der Waals surface area contributed by atoms with Crippen molar-refractivity contribution in [2.45, 2.75) is 18.2 Å². The zero-order valence-electron chi connectivity index (χ0n) is 12.9. The summed E-state index contributed by atoms with van der Waals surface area (Å²) in [4.78, 5) is -0.383. The summed E-state index contributed by atoms with van der Waals surface area (Å²) in [5.41, 5.74) is 0. The van der Waals surface area contributed by atoms with Gasteiger partial charge in [-0.2, -0.15) is 5.26 Å². The fourth-order valence-corrected chi connectivity index (χ4v) is 6.16. The quantitative estimate of drug-likeness (QED) is 0.222. The van der Waals surface area contributed by atoms with E-state index in [1.807, 2.05) is 0 Å². The van der Waals surface area contributed by atoms with Gasteiger partial charge in [-0.1, -0.05) is 11.8 Å². The minimum Gasteiger partial charge on any atom is -0.743 e. The van der Waals surface area contributed by atoms with E-state index in [0.717, 1.165) is 6.26 Å². The molecule has 2 fully saturated rings. The molecule has 2 rings (SSSR count). The van der Waals surface area contributed by atoms with Gasteiger partial charge in [0, 0.05) is 25.2 Å². The second kappa shape index (κ2) is 7.99. The molecule has 0 N–H and O–H groups in total. The van der Waals surface area contributed by atoms with Crippen LogP contribution in [-0.2, 0) is 20.0 Å². The Kier molecular flexibility index (Phi) is 7.58. The van der Waals surface area contributed by atoms with Crippen molar-refractivity contribution in [3.63, 3.8) is 0 Å². The van der Waals surface area contributed by atoms with Gasteiger partial charge in [0.25, 0.3) is 0 Å². The van der Waals surface area contributed by atoms with Crippen LogP contribution in [0.5, 0.6) is 0 Å². The summed E-state index contributed by atoms with van der Waals surface area (Å²) in [5.74, 6) is 0.659. The molecular weight excluding hydrogens is 387 g/mol. The van der Waals surface area contributed by atoms with Crippen molar-refractivity contribution in [2.75, 3.05) is 25.1 Å². The maximum atomic E-state index is 11.5. The van der Waals surface area contributed by atoms with Crippen molar-refractivity contribution >= 4 is 31.7 Å². The fraction of sp³-hybridized carbons (Fsp3) is 0.583. The van der Waals surface area contributed by atoms with Gasteiger partial charge in [-0.15, -0.1) is 0 Å². The van der Waals surface area contributed by atoms with Gasteiger partial charge in [0.2, 0.25) is 0 Å². The summed E-state index contributed by atoms with van der Waals surface area (Å²) in [5, 5.41) is 8.50. The van der Waals surface area contributed by atoms with Gasteiger partial charge in [-0.25, -0.2) is 16.8 Å². The van der Waals surface area contributed by atoms with Crippen LogP contribution in [0.1, 0.15) is 12.8 Å². The smallest absolute Gasteiger partial charge is 0.743 e. The average Bonchev–Trinajstić information content (AvgIpc) is 2.97. The van der Waals surface area contributed by atoms with Crippen LogP contribution in [0.4, 0.5) is 0 Å². The number of nitrogens with zero attached hydrogens (tertiary/aromatic N) is 2. The number of rotatable bonds is 3. The van der Waals surface area contributed by atoms with Crippen LogP contribution in [0.3, 0.4) is 0 Å². The maximum absolute atomic E-state index is 11.5. The fourth-order valence-electron chi connectivity index (χ4n) is 2.98. The van der Waals surface area contributed by atoms with Crippen molar-refractivity contribution in [3.8, 4) is 6.07 Å². The standard InChI is InChI=1S/C12H16N2O5S3.K/c1-21(15,16)10(9-13)4-5-11-14(7-8-20-11)6-2-3-12(14)22(17,18)19;/h4-5,12H,2-3,6-8H2,1H3;/q;+1. The van der Waals surface area contributed by atoms with E-state index in [2.05, 4.69) is 0 Å². The number of sulfone groups is 1. The Labute approximate surface area is 183 Å². The molecule has 11 heteroatoms. The van der Waals surface area contributed by atoms with Crippen molar-refractivity contribution in [1.29, 1.82) is 5.26 Å². The zero-order valence-corrected chi connectivity index (χ0v) is 18.5. The molecule has 2 saturated heterocycles. The summed E-state index contributed by atoms with van der Waals surface area (Å²) >= 11 is 1.40. The molecule has 2 heterocycles. The van der Waals surface area contributed by atoms with Crippen molar-refractivity contribution in [2.24, 2.45) is 0 Å². The molecular formula is C12H16KN2O5S3+. The number of hydrogen-bond donors (Lipinski definition) is 0. The third kappa shape index (κ3) is 4.69. The number of allylic oxidation sites excluding steroid dienone is 3. The van der Waals surface area contributed by atoms with Gasteiger partial charge in [-0.3, -0.25) is 4.48 Å². The Morgan fingerprint density at radius 2 is 2.04 bits per heavy atom. The number of nitriles is 1. The van der Waals surface area contributed by atoms with Crippen LogP contribution in [0.25, 0.3) is 0 Å². The third-order valence-electron chi connectivity index (χ3n) is 3.96. The van der Waals surface area contributed by atoms with Crippen molar-refractivity contribution in [3.05, 3.63) is 22.1 Å². The van der Waals surface area contributed by atoms with Gasteiger partial charge in [0.05, 0.1) is 18.8 Å². The van der Waals surface area contributed by atoms with E-state index < -0.39 is 25.3 Å². The number of thioether (sulfide) groups is 1. The predicted molar refractivity (Wildman–Crippen MR) is 81.8 cm³/mol. The second-order valence-corrected chi connectivity index (χ2v) is 9.97. The Morgan fingerprint density at radius 3 is 2.57 bits per heavy atom. The summed E-state index contributed by atoms with van der Waals surface area (Å²) in [7, 11) is -8.06. The van der Waals surface area contributed by atoms with Gasteiger partial charge < -0.3 is 4.55 Å². The molecule has 0 aromatic heterocycles. The van der Waals surface area contributed by atoms with Gasteiger partial charge in [-0.05, 0) is 6.08 Å². The minimum atomic E-state index is -4.44. The summed E-state index contributed by atoms with van der Waals surface area (Å²) in [6, 6.07) is 1.62. The first kappa shape index (κ1) is 21.8. The Morgan fingerprint density at radius 1 is 1.39 bits per heavy atom. The summed E-state index contributed by atoms with van der Waals surface area (Å²) < 4.78 is 57.5. The van der Waals surface area contributed by atoms with Gasteiger partial charge >= 0.3 is 51.4 Å². The average molecular weight is 404 g/mol. The van der Waals surface area contributed by atoms with E-state index in [1.165, 1.54) is 23.9 Å². The van der Waals surface area contributed by atoms with Crippen LogP contribution in [0, 0.1) is 11.3 Å². The van der Waals surface area contributed by atoms with E-state index in [1.54, 1.807) is 6.07 Å². The first-order valence-electron chi connectivity index (χ1n) is 6.58. The normalized spacial score (nSPS) is 30.4. The van der Waals surface area contributed by atoms with Crippen LogP contribution in [0.15, 0.2) is 22.1 Å². The van der Waals surface area contributed by atoms with Crippen LogP contribution < -0.4 is 51.4 Å². The molecule has 7 nitrogen and oxygen atoms in total. The molecule has 2 unspecified atom stereocenters. The van der Waals surface area contributed by atoms with E-state index in [-0.39, 0.29) is 60.8 Å². The van der Waals surface area contributed by atoms with E-state index >= 15 is 0 Å². The molecule has 0 aromatic rings. The van der Waals surface area contributed by atoms with Crippen LogP contribution >= 0.6 is 11.8 Å². The van der Waals surface area contributed by atoms with Gasteiger partial charge in [0.1, 0.15) is 21.1 Å². The molecule has 0 aromatic carbocycles. The molecule has 0 radical (unpaired) electrons. The first-order chi connectivity index (χ1) is 10.1. The molecule has 2 aliphatic heterocycles. The van der Waals surface area contributed by atoms with Crippen LogP contribution in [-0.4, -0.2) is 56.3 Å². The Balaban J connectivity index is 0.00000264. The number of quaternary nitrogens is 1. The van der Waals surface area contributed by atoms with Crippen LogP contribution in [0.2, 0.25) is 0 Å². The molecule has 0 aliphatic carbocycles. The molecule has 1 spiro atoms. The molecule has 0 amide bonds. The van der Waals surface area contributed by atoms with Crippen molar-refractivity contribution in [1.82, 2.24) is 0 Å². The Bertz CT molecular complexity index is 778. The molecule has 2 atom stereocenters. The molecule has 0 bridgehead atoms. The van der Waals surface area contributed by atoms with E-state index in [0.29, 0.717) is 36.7 Å². The van der Waals surface area contributed by atoms with Crippen molar-refractivity contribution < 1.29 is 77.3 Å². The zero-order chi connectivity index (χ0) is 16.6. The van der Waals surface area contributed by atoms with E-state index in [9.17, 15) is 21.4 Å². The Hall–Kier alpha value is 0.776. The van der Waals surface area contributed by atoms with E-state index in [4.69, 9.17) is 5.26 Å². The SMILES string of the molecule is CS(=O)(=O)C(C#N)=CC=C1SCC[N+]12CCCC2S(=O)(=O)[O-].[K+]. The first-order valence-corrected chi connectivity index (χ1v) is 10.9. The summed E-state index contributed by atoms with van der Waals surface area (Å²) in [6.07, 6.45) is 4.54. The largest absolute Gasteiger partial charge is 1.00 e. The third-order valence-corrected chi connectivity index (χ3v) is 7.47. The number of hydrogen-bond acceptors (Lipinski definition) is 7.